The SMILES string of the molecule is CC1(C)CN(S(=O)(=O)c2cnn(CCO)c2)CCS1. The summed E-state index contributed by atoms with van der Waals surface area (Å²) in [6.45, 7) is 5.38. The van der Waals surface area contributed by atoms with Gasteiger partial charge in [0.2, 0.25) is 10.0 Å². The highest BCUT2D eigenvalue weighted by Gasteiger charge is 2.35. The van der Waals surface area contributed by atoms with Gasteiger partial charge in [-0.1, -0.05) is 0 Å². The molecule has 1 aliphatic heterocycles. The molecule has 19 heavy (non-hydrogen) atoms. The summed E-state index contributed by atoms with van der Waals surface area (Å²) in [5.74, 6) is 0.803. The van der Waals surface area contributed by atoms with E-state index in [0.717, 1.165) is 5.75 Å². The van der Waals surface area contributed by atoms with Gasteiger partial charge in [-0.05, 0) is 13.8 Å². The summed E-state index contributed by atoms with van der Waals surface area (Å²) in [6, 6.07) is 0. The number of hydrogen-bond donors (Lipinski definition) is 1. The first kappa shape index (κ1) is 14.8. The molecule has 0 saturated carbocycles. The second kappa shape index (κ2) is 5.43. The molecule has 108 valence electrons. The Kier molecular flexibility index (Phi) is 4.24. The molecule has 8 heteroatoms. The van der Waals surface area contributed by atoms with Crippen molar-refractivity contribution in [1.29, 1.82) is 0 Å². The van der Waals surface area contributed by atoms with Crippen molar-refractivity contribution in [1.82, 2.24) is 14.1 Å². The van der Waals surface area contributed by atoms with Crippen molar-refractivity contribution < 1.29 is 13.5 Å². The molecule has 1 saturated heterocycles. The van der Waals surface area contributed by atoms with E-state index >= 15 is 0 Å². The van der Waals surface area contributed by atoms with Gasteiger partial charge in [0.05, 0.1) is 19.3 Å². The maximum atomic E-state index is 12.5. The quantitative estimate of drug-likeness (QED) is 0.871. The molecule has 0 atom stereocenters. The van der Waals surface area contributed by atoms with Crippen LogP contribution in [0.5, 0.6) is 0 Å². The zero-order valence-corrected chi connectivity index (χ0v) is 12.7. The van der Waals surface area contributed by atoms with Gasteiger partial charge >= 0.3 is 0 Å². The number of thioether (sulfide) groups is 1. The summed E-state index contributed by atoms with van der Waals surface area (Å²) in [5, 5.41) is 12.8. The Labute approximate surface area is 117 Å². The smallest absolute Gasteiger partial charge is 0.246 e. The average Bonchev–Trinajstić information content (AvgIpc) is 2.77. The maximum absolute atomic E-state index is 12.5. The summed E-state index contributed by atoms with van der Waals surface area (Å²) < 4.78 is 27.9. The molecule has 0 bridgehead atoms. The van der Waals surface area contributed by atoms with E-state index in [9.17, 15) is 8.42 Å². The Morgan fingerprint density at radius 1 is 1.53 bits per heavy atom. The zero-order valence-electron chi connectivity index (χ0n) is 11.1. The molecular weight excluding hydrogens is 286 g/mol. The first-order valence-electron chi connectivity index (χ1n) is 6.13. The number of aliphatic hydroxyl groups excluding tert-OH is 1. The largest absolute Gasteiger partial charge is 0.394 e. The topological polar surface area (TPSA) is 75.4 Å². The van der Waals surface area contributed by atoms with Crippen LogP contribution in [0.15, 0.2) is 17.3 Å². The van der Waals surface area contributed by atoms with Crippen LogP contribution < -0.4 is 0 Å². The van der Waals surface area contributed by atoms with Crippen LogP contribution in [0.4, 0.5) is 0 Å². The van der Waals surface area contributed by atoms with E-state index in [-0.39, 0.29) is 16.2 Å². The molecule has 0 unspecified atom stereocenters. The van der Waals surface area contributed by atoms with E-state index in [4.69, 9.17) is 5.11 Å². The molecule has 1 aliphatic rings. The molecule has 1 aromatic heterocycles. The highest BCUT2D eigenvalue weighted by atomic mass is 32.2. The van der Waals surface area contributed by atoms with Crippen molar-refractivity contribution >= 4 is 21.8 Å². The van der Waals surface area contributed by atoms with Crippen LogP contribution in [-0.2, 0) is 16.6 Å². The maximum Gasteiger partial charge on any atom is 0.246 e. The Morgan fingerprint density at radius 2 is 2.26 bits per heavy atom. The zero-order chi connectivity index (χ0) is 14.1. The summed E-state index contributed by atoms with van der Waals surface area (Å²) in [6.07, 6.45) is 2.82. The van der Waals surface area contributed by atoms with Crippen LogP contribution in [0, 0.1) is 0 Å². The molecule has 6 nitrogen and oxygen atoms in total. The molecule has 2 rings (SSSR count). The minimum absolute atomic E-state index is 0.0610. The summed E-state index contributed by atoms with van der Waals surface area (Å²) >= 11 is 1.79. The Balaban J connectivity index is 2.21. The van der Waals surface area contributed by atoms with E-state index in [0.29, 0.717) is 19.6 Å². The molecule has 0 aromatic carbocycles. The van der Waals surface area contributed by atoms with Gasteiger partial charge in [0.15, 0.2) is 0 Å². The van der Waals surface area contributed by atoms with Crippen molar-refractivity contribution in [2.45, 2.75) is 30.0 Å². The number of nitrogens with zero attached hydrogens (tertiary/aromatic N) is 3. The van der Waals surface area contributed by atoms with E-state index in [1.54, 1.807) is 11.8 Å². The standard InChI is InChI=1S/C11H19N3O3S2/c1-11(2)9-14(4-6-18-11)19(16,17)10-7-12-13(8-10)3-5-15/h7-8,15H,3-6,9H2,1-2H3. The van der Waals surface area contributed by atoms with E-state index in [1.807, 2.05) is 0 Å². The van der Waals surface area contributed by atoms with Gasteiger partial charge in [0.1, 0.15) is 4.90 Å². The van der Waals surface area contributed by atoms with Crippen LogP contribution in [-0.4, -0.2) is 57.8 Å². The van der Waals surface area contributed by atoms with E-state index in [2.05, 4.69) is 18.9 Å². The second-order valence-electron chi connectivity index (χ2n) is 5.11. The molecule has 2 heterocycles. The molecular formula is C11H19N3O3S2. The average molecular weight is 305 g/mol. The normalized spacial score (nSPS) is 20.6. The number of sulfonamides is 1. The number of aliphatic hydroxyl groups is 1. The summed E-state index contributed by atoms with van der Waals surface area (Å²) in [4.78, 5) is 0.198. The van der Waals surface area contributed by atoms with Gasteiger partial charge in [0, 0.05) is 29.8 Å². The van der Waals surface area contributed by atoms with Gasteiger partial charge in [-0.15, -0.1) is 0 Å². The van der Waals surface area contributed by atoms with Crippen LogP contribution in [0.25, 0.3) is 0 Å². The lowest BCUT2D eigenvalue weighted by atomic mass is 10.2. The van der Waals surface area contributed by atoms with Crippen LogP contribution >= 0.6 is 11.8 Å². The highest BCUT2D eigenvalue weighted by Crippen LogP contribution is 2.32. The van der Waals surface area contributed by atoms with Crippen LogP contribution in [0.1, 0.15) is 13.8 Å². The molecule has 0 aliphatic carbocycles. The number of hydrogen-bond acceptors (Lipinski definition) is 5. The van der Waals surface area contributed by atoms with Gasteiger partial charge < -0.3 is 5.11 Å². The predicted molar refractivity (Wildman–Crippen MR) is 74.6 cm³/mol. The fraction of sp³-hybridized carbons (Fsp3) is 0.727. The van der Waals surface area contributed by atoms with Crippen LogP contribution in [0.2, 0.25) is 0 Å². The number of rotatable bonds is 4. The third-order valence-corrected chi connectivity index (χ3v) is 6.06. The third-order valence-electron chi connectivity index (χ3n) is 2.97. The first-order valence-corrected chi connectivity index (χ1v) is 8.55. The van der Waals surface area contributed by atoms with Gasteiger partial charge in [-0.3, -0.25) is 4.68 Å². The Morgan fingerprint density at radius 3 is 2.89 bits per heavy atom. The molecule has 0 amide bonds. The van der Waals surface area contributed by atoms with Crippen LogP contribution in [0.3, 0.4) is 0 Å². The first-order chi connectivity index (χ1) is 8.85. The fourth-order valence-electron chi connectivity index (χ4n) is 2.03. The molecule has 1 fully saturated rings. The van der Waals surface area contributed by atoms with Gasteiger partial charge in [-0.25, -0.2) is 8.42 Å². The monoisotopic (exact) mass is 305 g/mol. The van der Waals surface area contributed by atoms with Crippen molar-refractivity contribution in [2.75, 3.05) is 25.4 Å². The molecule has 0 radical (unpaired) electrons. The highest BCUT2D eigenvalue weighted by molar-refractivity contribution is 8.00. The van der Waals surface area contributed by atoms with Crippen molar-refractivity contribution in [2.24, 2.45) is 0 Å². The lowest BCUT2D eigenvalue weighted by Gasteiger charge is -2.36. The molecule has 0 spiro atoms. The van der Waals surface area contributed by atoms with Crippen molar-refractivity contribution in [3.8, 4) is 0 Å². The predicted octanol–water partition coefficient (Wildman–Crippen LogP) is 0.392. The third kappa shape index (κ3) is 3.31. The lowest BCUT2D eigenvalue weighted by Crippen LogP contribution is -2.45. The van der Waals surface area contributed by atoms with Gasteiger partial charge in [-0.2, -0.15) is 21.2 Å². The minimum Gasteiger partial charge on any atom is -0.394 e. The summed E-state index contributed by atoms with van der Waals surface area (Å²) in [7, 11) is -3.48. The summed E-state index contributed by atoms with van der Waals surface area (Å²) in [5.41, 5.74) is 0. The Hall–Kier alpha value is -0.570. The van der Waals surface area contributed by atoms with Gasteiger partial charge in [0.25, 0.3) is 0 Å². The molecule has 1 N–H and O–H groups in total. The number of aromatic nitrogens is 2. The van der Waals surface area contributed by atoms with Crippen molar-refractivity contribution in [3.63, 3.8) is 0 Å². The second-order valence-corrected chi connectivity index (χ2v) is 8.85. The Bertz CT molecular complexity index is 539. The molecule has 1 aromatic rings. The van der Waals surface area contributed by atoms with Crippen molar-refractivity contribution in [3.05, 3.63) is 12.4 Å². The van der Waals surface area contributed by atoms with E-state index < -0.39 is 10.0 Å². The lowest BCUT2D eigenvalue weighted by molar-refractivity contribution is 0.269. The van der Waals surface area contributed by atoms with E-state index in [1.165, 1.54) is 21.4 Å². The fourth-order valence-corrected chi connectivity index (χ4v) is 4.90. The minimum atomic E-state index is -3.48.